The minimum Gasteiger partial charge on any atom is -0.508 e. The number of fused-ring (bicyclic) bond motifs is 3. The first kappa shape index (κ1) is 28.1. The molecule has 0 heterocycles. The van der Waals surface area contributed by atoms with Crippen LogP contribution in [0.3, 0.4) is 0 Å². The quantitative estimate of drug-likeness (QED) is 0.202. The molecule has 208 valence electrons. The summed E-state index contributed by atoms with van der Waals surface area (Å²) in [7, 11) is 6.72. The molecule has 0 bridgehead atoms. The SMILES string of the molecule is CN(C)c1cc(CNCCC#N)c(O)c2c1C[C@H]1C[C@H]3[C@H](N(C)C)C(=O)C(C(N)=O)=C(O)[C@@]3(O)C(=O)C1=C2O. The molecule has 0 aliphatic heterocycles. The third-order valence-electron chi connectivity index (χ3n) is 7.99. The fourth-order valence-electron chi connectivity index (χ4n) is 6.25. The number of carbonyl (C=O) groups excluding carboxylic acids is 3. The van der Waals surface area contributed by atoms with Crippen molar-refractivity contribution < 1.29 is 34.8 Å². The van der Waals surface area contributed by atoms with Gasteiger partial charge in [0.2, 0.25) is 5.78 Å². The largest absolute Gasteiger partial charge is 0.508 e. The molecular formula is C27H33N5O7. The predicted molar refractivity (Wildman–Crippen MR) is 141 cm³/mol. The Kier molecular flexibility index (Phi) is 7.20. The number of rotatable bonds is 7. The van der Waals surface area contributed by atoms with Gasteiger partial charge in [-0.2, -0.15) is 5.26 Å². The molecule has 4 rings (SSSR count). The maximum Gasteiger partial charge on any atom is 0.255 e. The number of amides is 1. The van der Waals surface area contributed by atoms with Crippen molar-refractivity contribution in [2.75, 3.05) is 39.6 Å². The molecule has 1 fully saturated rings. The van der Waals surface area contributed by atoms with Crippen LogP contribution < -0.4 is 16.0 Å². The summed E-state index contributed by atoms with van der Waals surface area (Å²) < 4.78 is 0. The van der Waals surface area contributed by atoms with Gasteiger partial charge in [-0.3, -0.25) is 19.3 Å². The summed E-state index contributed by atoms with van der Waals surface area (Å²) in [6.45, 7) is 0.567. The summed E-state index contributed by atoms with van der Waals surface area (Å²) in [6, 6.07) is 2.66. The molecule has 4 atom stereocenters. The van der Waals surface area contributed by atoms with Crippen LogP contribution in [-0.4, -0.2) is 89.2 Å². The lowest BCUT2D eigenvalue weighted by Gasteiger charge is -2.50. The highest BCUT2D eigenvalue weighted by atomic mass is 16.3. The van der Waals surface area contributed by atoms with Gasteiger partial charge in [0.25, 0.3) is 5.91 Å². The van der Waals surface area contributed by atoms with Gasteiger partial charge in [0.05, 0.1) is 17.7 Å². The van der Waals surface area contributed by atoms with Crippen LogP contribution in [0.2, 0.25) is 0 Å². The second kappa shape index (κ2) is 10.00. The summed E-state index contributed by atoms with van der Waals surface area (Å²) in [4.78, 5) is 42.6. The predicted octanol–water partition coefficient (Wildman–Crippen LogP) is 0.0333. The van der Waals surface area contributed by atoms with Gasteiger partial charge in [-0.25, -0.2) is 0 Å². The third kappa shape index (κ3) is 4.14. The van der Waals surface area contributed by atoms with Crippen LogP contribution in [0, 0.1) is 23.2 Å². The highest BCUT2D eigenvalue weighted by molar-refractivity contribution is 6.24. The van der Waals surface area contributed by atoms with E-state index in [1.165, 1.54) is 4.90 Å². The maximum atomic E-state index is 14.0. The molecule has 3 aliphatic carbocycles. The van der Waals surface area contributed by atoms with Crippen LogP contribution in [0.5, 0.6) is 5.75 Å². The van der Waals surface area contributed by atoms with E-state index in [1.807, 2.05) is 11.0 Å². The number of nitrogens with two attached hydrogens (primary N) is 1. The fraction of sp³-hybridized carbons (Fsp3) is 0.481. The van der Waals surface area contributed by atoms with Gasteiger partial charge < -0.3 is 36.4 Å². The van der Waals surface area contributed by atoms with Crippen LogP contribution in [0.4, 0.5) is 5.69 Å². The van der Waals surface area contributed by atoms with E-state index in [2.05, 4.69) is 5.32 Å². The first-order chi connectivity index (χ1) is 18.3. The van der Waals surface area contributed by atoms with Crippen molar-refractivity contribution in [1.29, 1.82) is 5.26 Å². The van der Waals surface area contributed by atoms with Crippen molar-refractivity contribution in [3.8, 4) is 11.8 Å². The molecule has 39 heavy (non-hydrogen) atoms. The number of aliphatic hydroxyl groups is 3. The number of hydrogen-bond donors (Lipinski definition) is 6. The number of hydrogen-bond acceptors (Lipinski definition) is 11. The molecule has 7 N–H and O–H groups in total. The number of Topliss-reactive ketones (excluding diaryl/α,β-unsaturated/α-hetero) is 2. The van der Waals surface area contributed by atoms with Crippen LogP contribution >= 0.6 is 0 Å². The Morgan fingerprint density at radius 1 is 1.23 bits per heavy atom. The second-order valence-electron chi connectivity index (χ2n) is 10.7. The first-order valence-corrected chi connectivity index (χ1v) is 12.6. The standard InChI is InChI=1S/C27H33N5O7/c1-31(2)16-10-13(11-30-7-5-6-28)21(33)18-14(16)8-12-9-15-20(32(3)4)23(35)19(26(29)38)25(37)27(15,39)24(36)17(12)22(18)34/h10,12,15,20,30,33-34,37,39H,5,7-9,11H2,1-4H3,(H2,29,38)/t12-,15-,20-,27-/m0/s1. The van der Waals surface area contributed by atoms with Gasteiger partial charge in [0, 0.05) is 56.3 Å². The van der Waals surface area contributed by atoms with E-state index in [1.54, 1.807) is 34.3 Å². The zero-order valence-corrected chi connectivity index (χ0v) is 22.3. The van der Waals surface area contributed by atoms with Crippen LogP contribution in [0.15, 0.2) is 23.0 Å². The molecule has 12 heteroatoms. The summed E-state index contributed by atoms with van der Waals surface area (Å²) in [5.41, 5.74) is 3.38. The number of phenolic OH excluding ortho intramolecular Hbond substituents is 1. The number of aromatic hydroxyl groups is 1. The Morgan fingerprint density at radius 3 is 2.46 bits per heavy atom. The maximum absolute atomic E-state index is 14.0. The Morgan fingerprint density at radius 2 is 1.90 bits per heavy atom. The molecule has 3 aliphatic rings. The average molecular weight is 540 g/mol. The van der Waals surface area contributed by atoms with Gasteiger partial charge in [0.15, 0.2) is 11.4 Å². The number of aliphatic hydroxyl groups excluding tert-OH is 2. The molecule has 1 saturated carbocycles. The van der Waals surface area contributed by atoms with Crippen molar-refractivity contribution in [2.45, 2.75) is 37.5 Å². The molecule has 1 aromatic carbocycles. The molecule has 0 unspecified atom stereocenters. The van der Waals surface area contributed by atoms with Gasteiger partial charge in [-0.1, -0.05) is 0 Å². The molecule has 1 aromatic rings. The topological polar surface area (TPSA) is 200 Å². The zero-order valence-electron chi connectivity index (χ0n) is 22.3. The summed E-state index contributed by atoms with van der Waals surface area (Å²) >= 11 is 0. The van der Waals surface area contributed by atoms with Crippen molar-refractivity contribution in [3.63, 3.8) is 0 Å². The summed E-state index contributed by atoms with van der Waals surface area (Å²) in [5, 5.41) is 57.2. The molecule has 0 saturated heterocycles. The third-order valence-corrected chi connectivity index (χ3v) is 7.99. The minimum atomic E-state index is -2.68. The van der Waals surface area contributed by atoms with E-state index in [-0.39, 0.29) is 42.7 Å². The van der Waals surface area contributed by atoms with E-state index in [0.29, 0.717) is 23.4 Å². The Balaban J connectivity index is 1.92. The lowest BCUT2D eigenvalue weighted by Crippen LogP contribution is -2.65. The number of likely N-dealkylation sites (N-methyl/N-ethyl adjacent to an activating group) is 1. The average Bonchev–Trinajstić information content (AvgIpc) is 2.84. The van der Waals surface area contributed by atoms with Crippen molar-refractivity contribution in [1.82, 2.24) is 10.2 Å². The normalized spacial score (nSPS) is 26.2. The highest BCUT2D eigenvalue weighted by Crippen LogP contribution is 2.54. The second-order valence-corrected chi connectivity index (χ2v) is 10.7. The Bertz CT molecular complexity index is 1370. The van der Waals surface area contributed by atoms with Crippen molar-refractivity contribution >= 4 is 28.9 Å². The number of ketones is 2. The van der Waals surface area contributed by atoms with E-state index < -0.39 is 58.0 Å². The number of nitrogens with zero attached hydrogens (tertiary/aromatic N) is 3. The van der Waals surface area contributed by atoms with E-state index in [0.717, 1.165) is 0 Å². The Hall–Kier alpha value is -3.92. The molecule has 1 amide bonds. The molecule has 12 nitrogen and oxygen atoms in total. The molecule has 0 radical (unpaired) electrons. The molecular weight excluding hydrogens is 506 g/mol. The minimum absolute atomic E-state index is 0.0247. The Labute approximate surface area is 225 Å². The van der Waals surface area contributed by atoms with E-state index >= 15 is 0 Å². The number of nitriles is 1. The van der Waals surface area contributed by atoms with E-state index in [4.69, 9.17) is 11.0 Å². The molecule has 0 aromatic heterocycles. The molecule has 0 spiro atoms. The van der Waals surface area contributed by atoms with Crippen LogP contribution in [0.1, 0.15) is 29.5 Å². The highest BCUT2D eigenvalue weighted by Gasteiger charge is 2.64. The summed E-state index contributed by atoms with van der Waals surface area (Å²) in [6.07, 6.45) is 0.493. The van der Waals surface area contributed by atoms with Gasteiger partial charge >= 0.3 is 0 Å². The number of benzene rings is 1. The van der Waals surface area contributed by atoms with Gasteiger partial charge in [0.1, 0.15) is 22.8 Å². The smallest absolute Gasteiger partial charge is 0.255 e. The van der Waals surface area contributed by atoms with Crippen LogP contribution in [-0.2, 0) is 27.3 Å². The number of phenols is 1. The van der Waals surface area contributed by atoms with E-state index in [9.17, 15) is 34.8 Å². The van der Waals surface area contributed by atoms with Crippen molar-refractivity contribution in [3.05, 3.63) is 39.7 Å². The number of anilines is 1. The van der Waals surface area contributed by atoms with Crippen molar-refractivity contribution in [2.24, 2.45) is 17.6 Å². The van der Waals surface area contributed by atoms with Gasteiger partial charge in [-0.15, -0.1) is 0 Å². The zero-order chi connectivity index (χ0) is 29.0. The first-order valence-electron chi connectivity index (χ1n) is 12.6. The lowest BCUT2D eigenvalue weighted by molar-refractivity contribution is -0.153. The summed E-state index contributed by atoms with van der Waals surface area (Å²) in [5.74, 6) is -6.81. The fourth-order valence-corrected chi connectivity index (χ4v) is 6.25. The number of carbonyl (C=O) groups is 3. The van der Waals surface area contributed by atoms with Crippen LogP contribution in [0.25, 0.3) is 5.76 Å². The number of nitrogens with one attached hydrogen (secondary N) is 1. The lowest BCUT2D eigenvalue weighted by atomic mass is 9.57. The monoisotopic (exact) mass is 539 g/mol. The number of primary amides is 1. The van der Waals surface area contributed by atoms with Gasteiger partial charge in [-0.05, 0) is 44.5 Å².